The minimum absolute atomic E-state index is 0.0677. The van der Waals surface area contributed by atoms with Crippen molar-refractivity contribution in [1.82, 2.24) is 14.5 Å². The Morgan fingerprint density at radius 2 is 1.71 bits per heavy atom. The average molecular weight is 688 g/mol. The molecule has 2 atom stereocenters. The predicted molar refractivity (Wildman–Crippen MR) is 174 cm³/mol. The standard InChI is InChI=1S/C31H44Cl2N4O7S/c1-21-17-23(45(39,40)35-8-14-42-16-15-41-13-7-34)5-6-28(21)43-29-25-18-22(32)19-26(33)24(25)20-27(29)36-9-11-37(12-10-36)30(38)44-31(2,3)4/h5-6,17-19,27,29,35H,7-16,20,34H2,1-4H3/t27?,29-/m0/s1. The first kappa shape index (κ1) is 35.7. The second-order valence-electron chi connectivity index (χ2n) is 12.1. The van der Waals surface area contributed by atoms with Crippen molar-refractivity contribution in [2.75, 3.05) is 65.7 Å². The molecule has 1 unspecified atom stereocenters. The number of carbonyl (C=O) groups is 1. The highest BCUT2D eigenvalue weighted by Crippen LogP contribution is 2.43. The smallest absolute Gasteiger partial charge is 0.410 e. The summed E-state index contributed by atoms with van der Waals surface area (Å²) in [6, 6.07) is 8.35. The molecule has 1 aliphatic heterocycles. The Labute approximate surface area is 276 Å². The molecule has 0 bridgehead atoms. The number of fused-ring (bicyclic) bond motifs is 1. The number of nitrogens with one attached hydrogen (secondary N) is 1. The number of sulfonamides is 1. The number of amides is 1. The van der Waals surface area contributed by atoms with Gasteiger partial charge in [0.05, 0.1) is 37.4 Å². The van der Waals surface area contributed by atoms with Crippen molar-refractivity contribution in [2.24, 2.45) is 5.73 Å². The van der Waals surface area contributed by atoms with E-state index in [9.17, 15) is 13.2 Å². The molecule has 1 amide bonds. The second-order valence-corrected chi connectivity index (χ2v) is 14.7. The van der Waals surface area contributed by atoms with E-state index < -0.39 is 21.7 Å². The first-order valence-corrected chi connectivity index (χ1v) is 17.4. The number of benzene rings is 2. The van der Waals surface area contributed by atoms with Gasteiger partial charge in [0, 0.05) is 54.9 Å². The zero-order valence-electron chi connectivity index (χ0n) is 26.3. The first-order valence-electron chi connectivity index (χ1n) is 15.1. The average Bonchev–Trinajstić information content (AvgIpc) is 3.33. The minimum atomic E-state index is -3.76. The topological polar surface area (TPSA) is 133 Å². The third-order valence-corrected chi connectivity index (χ3v) is 9.60. The van der Waals surface area contributed by atoms with Crippen molar-refractivity contribution in [3.05, 3.63) is 57.1 Å². The Morgan fingerprint density at radius 3 is 2.36 bits per heavy atom. The van der Waals surface area contributed by atoms with Crippen LogP contribution in [0, 0.1) is 6.92 Å². The molecule has 2 aliphatic rings. The third kappa shape index (κ3) is 9.68. The van der Waals surface area contributed by atoms with Gasteiger partial charge in [-0.25, -0.2) is 17.9 Å². The Hall–Kier alpha value is -2.16. The Balaban J connectivity index is 1.44. The fraction of sp³-hybridized carbons (Fsp3) is 0.581. The molecule has 45 heavy (non-hydrogen) atoms. The normalized spacial score (nSPS) is 19.0. The van der Waals surface area contributed by atoms with E-state index in [0.717, 1.165) is 11.1 Å². The highest BCUT2D eigenvalue weighted by Gasteiger charge is 2.41. The van der Waals surface area contributed by atoms with Gasteiger partial charge in [0.15, 0.2) is 0 Å². The number of carbonyl (C=O) groups excluding carboxylic acids is 1. The van der Waals surface area contributed by atoms with Crippen LogP contribution in [0.15, 0.2) is 35.2 Å². The van der Waals surface area contributed by atoms with Crippen LogP contribution in [0.3, 0.4) is 0 Å². The molecular weight excluding hydrogens is 643 g/mol. The molecule has 1 heterocycles. The van der Waals surface area contributed by atoms with Crippen LogP contribution in [0.5, 0.6) is 5.75 Å². The molecule has 0 saturated carbocycles. The van der Waals surface area contributed by atoms with Gasteiger partial charge in [0.25, 0.3) is 0 Å². The Bertz CT molecular complexity index is 1430. The second kappa shape index (κ2) is 15.6. The van der Waals surface area contributed by atoms with Gasteiger partial charge in [-0.3, -0.25) is 4.90 Å². The van der Waals surface area contributed by atoms with Gasteiger partial charge in [0.2, 0.25) is 10.0 Å². The summed E-state index contributed by atoms with van der Waals surface area (Å²) in [7, 11) is -3.76. The largest absolute Gasteiger partial charge is 0.484 e. The van der Waals surface area contributed by atoms with Crippen LogP contribution in [0.2, 0.25) is 10.0 Å². The molecule has 250 valence electrons. The van der Waals surface area contributed by atoms with E-state index in [0.29, 0.717) is 80.3 Å². The maximum Gasteiger partial charge on any atom is 0.410 e. The van der Waals surface area contributed by atoms with Gasteiger partial charge in [0.1, 0.15) is 17.5 Å². The summed E-state index contributed by atoms with van der Waals surface area (Å²) in [5, 5.41) is 1.09. The zero-order chi connectivity index (χ0) is 32.8. The zero-order valence-corrected chi connectivity index (χ0v) is 28.6. The Morgan fingerprint density at radius 1 is 1.02 bits per heavy atom. The van der Waals surface area contributed by atoms with Crippen molar-refractivity contribution < 1.29 is 32.2 Å². The first-order chi connectivity index (χ1) is 21.3. The summed E-state index contributed by atoms with van der Waals surface area (Å²) in [6.45, 7) is 11.7. The van der Waals surface area contributed by atoms with Gasteiger partial charge in [-0.15, -0.1) is 0 Å². The van der Waals surface area contributed by atoms with E-state index in [1.54, 1.807) is 23.1 Å². The van der Waals surface area contributed by atoms with Crippen molar-refractivity contribution in [3.63, 3.8) is 0 Å². The van der Waals surface area contributed by atoms with Gasteiger partial charge in [-0.2, -0.15) is 0 Å². The monoisotopic (exact) mass is 686 g/mol. The van der Waals surface area contributed by atoms with Gasteiger partial charge >= 0.3 is 6.09 Å². The number of halogens is 2. The molecule has 11 nitrogen and oxygen atoms in total. The number of hydrogen-bond acceptors (Lipinski definition) is 9. The van der Waals surface area contributed by atoms with Gasteiger partial charge in [-0.05, 0) is 75.6 Å². The molecule has 2 aromatic carbocycles. The number of nitrogens with zero attached hydrogens (tertiary/aromatic N) is 2. The summed E-state index contributed by atoms with van der Waals surface area (Å²) < 4.78 is 51.3. The van der Waals surface area contributed by atoms with Crippen molar-refractivity contribution >= 4 is 39.3 Å². The van der Waals surface area contributed by atoms with Crippen LogP contribution < -0.4 is 15.2 Å². The highest BCUT2D eigenvalue weighted by atomic mass is 35.5. The summed E-state index contributed by atoms with van der Waals surface area (Å²) in [5.74, 6) is 0.557. The third-order valence-electron chi connectivity index (χ3n) is 7.58. The summed E-state index contributed by atoms with van der Waals surface area (Å²) >= 11 is 13.1. The predicted octanol–water partition coefficient (Wildman–Crippen LogP) is 4.17. The molecular formula is C31H44Cl2N4O7S. The van der Waals surface area contributed by atoms with E-state index in [1.807, 2.05) is 33.8 Å². The van der Waals surface area contributed by atoms with Crippen LogP contribution in [0.1, 0.15) is 43.6 Å². The fourth-order valence-electron chi connectivity index (χ4n) is 5.44. The molecule has 4 rings (SSSR count). The van der Waals surface area contributed by atoms with Crippen LogP contribution in [0.4, 0.5) is 4.79 Å². The fourth-order valence-corrected chi connectivity index (χ4v) is 7.12. The number of piperazine rings is 1. The molecule has 0 radical (unpaired) electrons. The number of hydrogen-bond donors (Lipinski definition) is 2. The van der Waals surface area contributed by atoms with E-state index >= 15 is 0 Å². The van der Waals surface area contributed by atoms with Crippen LogP contribution in [0.25, 0.3) is 0 Å². The lowest BCUT2D eigenvalue weighted by molar-refractivity contribution is 0.00133. The van der Waals surface area contributed by atoms with Gasteiger partial charge < -0.3 is 29.6 Å². The molecule has 0 spiro atoms. The van der Waals surface area contributed by atoms with E-state index in [2.05, 4.69) is 9.62 Å². The lowest BCUT2D eigenvalue weighted by Crippen LogP contribution is -2.54. The van der Waals surface area contributed by atoms with Crippen LogP contribution in [-0.4, -0.2) is 102 Å². The number of ether oxygens (including phenoxy) is 4. The Kier molecular flexibility index (Phi) is 12.4. The maximum atomic E-state index is 12.9. The van der Waals surface area contributed by atoms with Crippen LogP contribution >= 0.6 is 23.2 Å². The van der Waals surface area contributed by atoms with E-state index in [1.165, 1.54) is 6.07 Å². The summed E-state index contributed by atoms with van der Waals surface area (Å²) in [6.07, 6.45) is -0.0753. The van der Waals surface area contributed by atoms with Crippen molar-refractivity contribution in [3.8, 4) is 5.75 Å². The molecule has 3 N–H and O–H groups in total. The van der Waals surface area contributed by atoms with Crippen molar-refractivity contribution in [1.29, 1.82) is 0 Å². The highest BCUT2D eigenvalue weighted by molar-refractivity contribution is 7.89. The summed E-state index contributed by atoms with van der Waals surface area (Å²) in [4.78, 5) is 16.8. The molecule has 14 heteroatoms. The molecule has 0 aromatic heterocycles. The van der Waals surface area contributed by atoms with E-state index in [4.69, 9.17) is 47.9 Å². The minimum Gasteiger partial charge on any atom is -0.484 e. The number of nitrogens with two attached hydrogens (primary N) is 1. The quantitative estimate of drug-likeness (QED) is 0.298. The lowest BCUT2D eigenvalue weighted by atomic mass is 10.1. The SMILES string of the molecule is Cc1cc(S(=O)(=O)NCCOCCOCCN)ccc1O[C@H]1c2cc(Cl)cc(Cl)c2CC1N1CCN(C(=O)OC(C)(C)C)CC1. The van der Waals surface area contributed by atoms with E-state index in [-0.39, 0.29) is 30.2 Å². The molecule has 1 fully saturated rings. The molecule has 1 saturated heterocycles. The molecule has 2 aromatic rings. The number of aryl methyl sites for hydroxylation is 1. The maximum absolute atomic E-state index is 12.9. The summed E-state index contributed by atoms with van der Waals surface area (Å²) in [5.41, 5.74) is 7.35. The van der Waals surface area contributed by atoms with Crippen LogP contribution in [-0.2, 0) is 30.7 Å². The van der Waals surface area contributed by atoms with Gasteiger partial charge in [-0.1, -0.05) is 23.2 Å². The molecule has 1 aliphatic carbocycles. The van der Waals surface area contributed by atoms with Crippen molar-refractivity contribution in [2.45, 2.75) is 56.8 Å². The lowest BCUT2D eigenvalue weighted by Gasteiger charge is -2.40. The number of rotatable bonds is 13.